The van der Waals surface area contributed by atoms with Gasteiger partial charge < -0.3 is 10.3 Å². The maximum atomic E-state index is 13.7. The van der Waals surface area contributed by atoms with E-state index in [0.29, 0.717) is 34.8 Å². The van der Waals surface area contributed by atoms with Crippen molar-refractivity contribution in [2.24, 2.45) is 0 Å². The number of hydrogen-bond donors (Lipinski definition) is 3. The van der Waals surface area contributed by atoms with E-state index in [1.165, 1.54) is 6.07 Å². The summed E-state index contributed by atoms with van der Waals surface area (Å²) >= 11 is 1.09. The fraction of sp³-hybridized carbons (Fsp3) is 0.148. The zero-order valence-corrected chi connectivity index (χ0v) is 20.7. The second kappa shape index (κ2) is 9.55. The van der Waals surface area contributed by atoms with Gasteiger partial charge in [-0.05, 0) is 42.8 Å². The molecule has 0 atom stereocenters. The number of halogens is 1. The summed E-state index contributed by atoms with van der Waals surface area (Å²) in [7, 11) is 0. The lowest BCUT2D eigenvalue weighted by Gasteiger charge is -2.07. The van der Waals surface area contributed by atoms with Crippen LogP contribution in [0.25, 0.3) is 55.3 Å². The number of hydrogen-bond acceptors (Lipinski definition) is 6. The first-order chi connectivity index (χ1) is 18.1. The minimum Gasteiger partial charge on any atom is -0.336 e. The second-order valence-electron chi connectivity index (χ2n) is 8.67. The molecule has 6 rings (SSSR count). The molecule has 37 heavy (non-hydrogen) atoms. The Bertz CT molecular complexity index is 1750. The maximum absolute atomic E-state index is 13.7. The Morgan fingerprint density at radius 2 is 1.97 bits per heavy atom. The predicted molar refractivity (Wildman–Crippen MR) is 144 cm³/mol. The van der Waals surface area contributed by atoms with Crippen molar-refractivity contribution in [3.8, 4) is 33.2 Å². The Labute approximate surface area is 215 Å². The molecule has 5 heterocycles. The first kappa shape index (κ1) is 23.0. The molecule has 1 aromatic carbocycles. The van der Waals surface area contributed by atoms with Crippen molar-refractivity contribution >= 4 is 45.0 Å². The molecule has 0 radical (unpaired) electrons. The van der Waals surface area contributed by atoms with Crippen LogP contribution in [0.1, 0.15) is 26.2 Å². The Balaban J connectivity index is 1.37. The molecule has 184 valence electrons. The molecule has 0 aliphatic heterocycles. The standard InChI is InChI=1S/C27H22FN7OS/c1-2-3-7-23(36)30-16-12-15(13-29-14-16)18-8-9-20-25(31-18)26(35-34-20)27-32-19-6-4-5-17(24(19)33-27)21-10-11-22(28)37-21/h4-6,8-14H,2-3,7H2,1H3,(H,30,36)(H,32,33)(H,34,35). The number of fused-ring (bicyclic) bond motifs is 2. The van der Waals surface area contributed by atoms with Crippen LogP contribution in [0.15, 0.2) is 60.9 Å². The molecule has 0 saturated carbocycles. The number of aromatic amines is 2. The molecule has 10 heteroatoms. The minimum atomic E-state index is -0.239. The van der Waals surface area contributed by atoms with Gasteiger partial charge in [-0.25, -0.2) is 9.97 Å². The van der Waals surface area contributed by atoms with Crippen molar-refractivity contribution in [3.05, 3.63) is 66.1 Å². The Hall–Kier alpha value is -4.44. The molecular weight excluding hydrogens is 489 g/mol. The summed E-state index contributed by atoms with van der Waals surface area (Å²) in [6, 6.07) is 14.6. The largest absolute Gasteiger partial charge is 0.336 e. The molecule has 0 aliphatic rings. The molecule has 0 fully saturated rings. The highest BCUT2D eigenvalue weighted by Crippen LogP contribution is 2.34. The lowest BCUT2D eigenvalue weighted by molar-refractivity contribution is -0.116. The van der Waals surface area contributed by atoms with Crippen molar-refractivity contribution in [3.63, 3.8) is 0 Å². The number of H-pyrrole nitrogens is 2. The number of aromatic nitrogens is 6. The smallest absolute Gasteiger partial charge is 0.224 e. The fourth-order valence-corrected chi connectivity index (χ4v) is 4.99. The molecule has 5 aromatic heterocycles. The van der Waals surface area contributed by atoms with E-state index >= 15 is 0 Å². The van der Waals surface area contributed by atoms with Crippen LogP contribution < -0.4 is 5.32 Å². The summed E-state index contributed by atoms with van der Waals surface area (Å²) in [5.74, 6) is 0.529. The van der Waals surface area contributed by atoms with Gasteiger partial charge in [0.15, 0.2) is 16.6 Å². The van der Waals surface area contributed by atoms with Crippen LogP contribution in [0, 0.1) is 5.13 Å². The maximum Gasteiger partial charge on any atom is 0.224 e. The number of unbranched alkanes of at least 4 members (excludes halogenated alkanes) is 1. The lowest BCUT2D eigenvalue weighted by Crippen LogP contribution is -2.11. The number of pyridine rings is 2. The first-order valence-electron chi connectivity index (χ1n) is 11.9. The van der Waals surface area contributed by atoms with Gasteiger partial charge in [0.2, 0.25) is 5.91 Å². The number of thiophene rings is 1. The number of amides is 1. The average molecular weight is 512 g/mol. The summed E-state index contributed by atoms with van der Waals surface area (Å²) in [6.07, 6.45) is 5.61. The summed E-state index contributed by atoms with van der Waals surface area (Å²) < 4.78 is 13.7. The van der Waals surface area contributed by atoms with Crippen molar-refractivity contribution < 1.29 is 9.18 Å². The Morgan fingerprint density at radius 1 is 1.05 bits per heavy atom. The molecule has 0 aliphatic carbocycles. The van der Waals surface area contributed by atoms with Crippen molar-refractivity contribution in [1.29, 1.82) is 0 Å². The molecule has 0 bridgehead atoms. The molecule has 0 saturated heterocycles. The average Bonchev–Trinajstić information content (AvgIpc) is 3.64. The van der Waals surface area contributed by atoms with Crippen LogP contribution in [0.5, 0.6) is 0 Å². The number of nitrogens with one attached hydrogen (secondary N) is 3. The van der Waals surface area contributed by atoms with E-state index in [4.69, 9.17) is 9.97 Å². The highest BCUT2D eigenvalue weighted by atomic mass is 32.1. The van der Waals surface area contributed by atoms with Gasteiger partial charge in [-0.1, -0.05) is 25.5 Å². The third-order valence-corrected chi connectivity index (χ3v) is 6.97. The Kier molecular flexibility index (Phi) is 5.93. The molecule has 3 N–H and O–H groups in total. The molecule has 0 unspecified atom stereocenters. The quantitative estimate of drug-likeness (QED) is 0.225. The van der Waals surface area contributed by atoms with Gasteiger partial charge in [-0.2, -0.15) is 9.49 Å². The first-order valence-corrected chi connectivity index (χ1v) is 12.8. The van der Waals surface area contributed by atoms with Gasteiger partial charge in [-0.15, -0.1) is 11.3 Å². The number of carbonyl (C=O) groups is 1. The zero-order valence-electron chi connectivity index (χ0n) is 19.9. The van der Waals surface area contributed by atoms with Crippen LogP contribution >= 0.6 is 11.3 Å². The molecule has 8 nitrogen and oxygen atoms in total. The third-order valence-electron chi connectivity index (χ3n) is 6.06. The summed E-state index contributed by atoms with van der Waals surface area (Å²) in [6.45, 7) is 2.05. The van der Waals surface area contributed by atoms with E-state index < -0.39 is 0 Å². The van der Waals surface area contributed by atoms with Crippen LogP contribution in [0.4, 0.5) is 10.1 Å². The van der Waals surface area contributed by atoms with Crippen LogP contribution in [0.3, 0.4) is 0 Å². The minimum absolute atomic E-state index is 0.0316. The number of para-hydroxylation sites is 1. The van der Waals surface area contributed by atoms with E-state index in [0.717, 1.165) is 56.7 Å². The normalized spacial score (nSPS) is 11.4. The van der Waals surface area contributed by atoms with Crippen molar-refractivity contribution in [1.82, 2.24) is 30.1 Å². The van der Waals surface area contributed by atoms with E-state index in [1.807, 2.05) is 36.4 Å². The monoisotopic (exact) mass is 511 g/mol. The van der Waals surface area contributed by atoms with E-state index in [-0.39, 0.29) is 11.0 Å². The van der Waals surface area contributed by atoms with Gasteiger partial charge in [0, 0.05) is 28.6 Å². The number of carbonyl (C=O) groups excluding carboxylic acids is 1. The second-order valence-corrected chi connectivity index (χ2v) is 9.70. The fourth-order valence-electron chi connectivity index (χ4n) is 4.24. The van der Waals surface area contributed by atoms with Crippen LogP contribution in [0.2, 0.25) is 0 Å². The van der Waals surface area contributed by atoms with Gasteiger partial charge in [0.05, 0.1) is 34.1 Å². The summed E-state index contributed by atoms with van der Waals surface area (Å²) in [5, 5.41) is 10.2. The lowest BCUT2D eigenvalue weighted by atomic mass is 10.1. The highest BCUT2D eigenvalue weighted by Gasteiger charge is 2.17. The van der Waals surface area contributed by atoms with Crippen molar-refractivity contribution in [2.45, 2.75) is 26.2 Å². The van der Waals surface area contributed by atoms with Crippen LogP contribution in [-0.2, 0) is 4.79 Å². The molecule has 0 spiro atoms. The van der Waals surface area contributed by atoms with Gasteiger partial charge >= 0.3 is 0 Å². The predicted octanol–water partition coefficient (Wildman–Crippen LogP) is 6.56. The van der Waals surface area contributed by atoms with Crippen LogP contribution in [-0.4, -0.2) is 36.0 Å². The van der Waals surface area contributed by atoms with E-state index in [1.54, 1.807) is 18.5 Å². The highest BCUT2D eigenvalue weighted by molar-refractivity contribution is 7.14. The molecular formula is C27H22FN7OS. The topological polar surface area (TPSA) is 112 Å². The van der Waals surface area contributed by atoms with Gasteiger partial charge in [-0.3, -0.25) is 14.9 Å². The Morgan fingerprint density at radius 3 is 2.81 bits per heavy atom. The number of imidazole rings is 1. The molecule has 1 amide bonds. The third kappa shape index (κ3) is 4.47. The molecule has 6 aromatic rings. The van der Waals surface area contributed by atoms with Crippen molar-refractivity contribution in [2.75, 3.05) is 5.32 Å². The number of rotatable bonds is 7. The van der Waals surface area contributed by atoms with Gasteiger partial charge in [0.1, 0.15) is 5.52 Å². The van der Waals surface area contributed by atoms with E-state index in [2.05, 4.69) is 32.4 Å². The summed E-state index contributed by atoms with van der Waals surface area (Å²) in [5.41, 5.74) is 6.50. The van der Waals surface area contributed by atoms with E-state index in [9.17, 15) is 9.18 Å². The summed E-state index contributed by atoms with van der Waals surface area (Å²) in [4.78, 5) is 30.2. The SMILES string of the molecule is CCCCC(=O)Nc1cncc(-c2ccc3[nH]nc(-c4nc5c(-c6ccc(F)s6)cccc5[nH]4)c3n2)c1. The zero-order chi connectivity index (χ0) is 25.4. The van der Waals surface area contributed by atoms with Gasteiger partial charge in [0.25, 0.3) is 0 Å². The number of benzene rings is 1. The number of anilines is 1. The number of nitrogens with zero attached hydrogens (tertiary/aromatic N) is 4.